The van der Waals surface area contributed by atoms with E-state index < -0.39 is 11.8 Å². The van der Waals surface area contributed by atoms with Crippen LogP contribution >= 0.6 is 11.6 Å². The maximum absolute atomic E-state index is 13.2. The first-order valence-electron chi connectivity index (χ1n) is 4.89. The molecule has 0 amide bonds. The van der Waals surface area contributed by atoms with Crippen LogP contribution in [0.4, 0.5) is 4.39 Å². The molecule has 0 N–H and O–H groups in total. The topological polar surface area (TPSA) is 35.5 Å². The fourth-order valence-electron chi connectivity index (χ4n) is 1.17. The molecule has 0 bridgehead atoms. The van der Waals surface area contributed by atoms with E-state index in [0.717, 1.165) is 6.07 Å². The Hall–Kier alpha value is -1.29. The molecule has 0 spiro atoms. The molecule has 1 aromatic carbocycles. The molecule has 0 unspecified atom stereocenters. The van der Waals surface area contributed by atoms with Crippen LogP contribution in [0.2, 0.25) is 5.02 Å². The molecule has 0 heterocycles. The van der Waals surface area contributed by atoms with E-state index in [0.29, 0.717) is 6.61 Å². The van der Waals surface area contributed by atoms with E-state index >= 15 is 0 Å². The van der Waals surface area contributed by atoms with Crippen LogP contribution in [0.3, 0.4) is 0 Å². The Morgan fingerprint density at radius 3 is 2.62 bits per heavy atom. The van der Waals surface area contributed by atoms with Gasteiger partial charge in [0.2, 0.25) is 0 Å². The zero-order chi connectivity index (χ0) is 12.1. The van der Waals surface area contributed by atoms with Crippen LogP contribution in [-0.4, -0.2) is 19.2 Å². The van der Waals surface area contributed by atoms with Crippen LogP contribution in [0.15, 0.2) is 12.1 Å². The van der Waals surface area contributed by atoms with Crippen molar-refractivity contribution in [2.24, 2.45) is 0 Å². The molecular formula is C11H12ClFO3. The highest BCUT2D eigenvalue weighted by molar-refractivity contribution is 6.31. The van der Waals surface area contributed by atoms with Gasteiger partial charge in [0.15, 0.2) is 0 Å². The van der Waals surface area contributed by atoms with Gasteiger partial charge in [0.25, 0.3) is 0 Å². The number of esters is 1. The van der Waals surface area contributed by atoms with Crippen LogP contribution in [0.1, 0.15) is 24.2 Å². The average Bonchev–Trinajstić information content (AvgIpc) is 2.23. The third-order valence-corrected chi connectivity index (χ3v) is 2.11. The fourth-order valence-corrected chi connectivity index (χ4v) is 1.34. The number of benzene rings is 1. The molecule has 0 aliphatic heterocycles. The summed E-state index contributed by atoms with van der Waals surface area (Å²) >= 11 is 5.59. The monoisotopic (exact) mass is 246 g/mol. The summed E-state index contributed by atoms with van der Waals surface area (Å²) in [6, 6.07) is 2.29. The van der Waals surface area contributed by atoms with Crippen molar-refractivity contribution in [3.05, 3.63) is 28.5 Å². The largest absolute Gasteiger partial charge is 0.493 e. The van der Waals surface area contributed by atoms with E-state index in [1.807, 2.05) is 0 Å². The standard InChI is InChI=1S/C11H12ClFO3/c1-3-15-10-6-9(13)8(12)5-7(10)11(14)16-4-2/h5-6H,3-4H2,1-2H3. The number of hydrogen-bond donors (Lipinski definition) is 0. The number of carbonyl (C=O) groups excluding carboxylic acids is 1. The average molecular weight is 247 g/mol. The molecule has 0 saturated carbocycles. The SMILES string of the molecule is CCOC(=O)c1cc(Cl)c(F)cc1OCC. The maximum Gasteiger partial charge on any atom is 0.341 e. The van der Waals surface area contributed by atoms with E-state index in [2.05, 4.69) is 0 Å². The zero-order valence-electron chi connectivity index (χ0n) is 9.05. The van der Waals surface area contributed by atoms with Gasteiger partial charge in [-0.1, -0.05) is 11.6 Å². The Balaban J connectivity index is 3.13. The van der Waals surface area contributed by atoms with E-state index in [1.165, 1.54) is 6.07 Å². The summed E-state index contributed by atoms with van der Waals surface area (Å²) in [5.74, 6) is -1.06. The molecular weight excluding hydrogens is 235 g/mol. The lowest BCUT2D eigenvalue weighted by Gasteiger charge is -2.10. The number of ether oxygens (including phenoxy) is 2. The third-order valence-electron chi connectivity index (χ3n) is 1.82. The predicted octanol–water partition coefficient (Wildman–Crippen LogP) is 3.05. The quantitative estimate of drug-likeness (QED) is 0.766. The number of hydrogen-bond acceptors (Lipinski definition) is 3. The van der Waals surface area contributed by atoms with Gasteiger partial charge in [-0.15, -0.1) is 0 Å². The Morgan fingerprint density at radius 1 is 1.38 bits per heavy atom. The highest BCUT2D eigenvalue weighted by Crippen LogP contribution is 2.26. The minimum Gasteiger partial charge on any atom is -0.493 e. The van der Waals surface area contributed by atoms with Gasteiger partial charge in [0.05, 0.1) is 18.2 Å². The summed E-state index contributed by atoms with van der Waals surface area (Å²) in [7, 11) is 0. The summed E-state index contributed by atoms with van der Waals surface area (Å²) in [4.78, 5) is 11.5. The van der Waals surface area contributed by atoms with Gasteiger partial charge < -0.3 is 9.47 Å². The van der Waals surface area contributed by atoms with Gasteiger partial charge in [-0.2, -0.15) is 0 Å². The Labute approximate surface area is 98.1 Å². The molecule has 3 nitrogen and oxygen atoms in total. The van der Waals surface area contributed by atoms with Crippen molar-refractivity contribution < 1.29 is 18.7 Å². The molecule has 0 atom stereocenters. The van der Waals surface area contributed by atoms with Crippen LogP contribution in [-0.2, 0) is 4.74 Å². The number of halogens is 2. The van der Waals surface area contributed by atoms with Crippen molar-refractivity contribution >= 4 is 17.6 Å². The minimum atomic E-state index is -0.627. The summed E-state index contributed by atoms with van der Waals surface area (Å²) < 4.78 is 23.1. The second-order valence-corrected chi connectivity index (χ2v) is 3.32. The molecule has 16 heavy (non-hydrogen) atoms. The van der Waals surface area contributed by atoms with E-state index in [-0.39, 0.29) is 22.9 Å². The van der Waals surface area contributed by atoms with Crippen molar-refractivity contribution in [2.45, 2.75) is 13.8 Å². The molecule has 0 aromatic heterocycles. The molecule has 1 aromatic rings. The smallest absolute Gasteiger partial charge is 0.341 e. The third kappa shape index (κ3) is 2.85. The van der Waals surface area contributed by atoms with E-state index in [1.54, 1.807) is 13.8 Å². The van der Waals surface area contributed by atoms with E-state index in [4.69, 9.17) is 21.1 Å². The lowest BCUT2D eigenvalue weighted by atomic mass is 10.2. The second kappa shape index (κ2) is 5.70. The first kappa shape index (κ1) is 12.8. The summed E-state index contributed by atoms with van der Waals surface area (Å²) in [6.07, 6.45) is 0. The Bertz CT molecular complexity index is 393. The fraction of sp³-hybridized carbons (Fsp3) is 0.364. The molecule has 1 rings (SSSR count). The first-order chi connectivity index (χ1) is 7.60. The normalized spacial score (nSPS) is 10.0. The van der Waals surface area contributed by atoms with Crippen molar-refractivity contribution in [1.82, 2.24) is 0 Å². The highest BCUT2D eigenvalue weighted by atomic mass is 35.5. The van der Waals surface area contributed by atoms with Gasteiger partial charge in [-0.3, -0.25) is 0 Å². The Morgan fingerprint density at radius 2 is 2.06 bits per heavy atom. The van der Waals surface area contributed by atoms with Crippen molar-refractivity contribution in [3.63, 3.8) is 0 Å². The second-order valence-electron chi connectivity index (χ2n) is 2.92. The molecule has 0 radical (unpaired) electrons. The molecule has 5 heteroatoms. The minimum absolute atomic E-state index is 0.133. The van der Waals surface area contributed by atoms with Crippen molar-refractivity contribution in [1.29, 1.82) is 0 Å². The molecule has 0 aliphatic rings. The lowest BCUT2D eigenvalue weighted by Crippen LogP contribution is -2.08. The molecule has 0 fully saturated rings. The van der Waals surface area contributed by atoms with Gasteiger partial charge >= 0.3 is 5.97 Å². The summed E-state index contributed by atoms with van der Waals surface area (Å²) in [5.41, 5.74) is 0.134. The molecule has 0 aliphatic carbocycles. The van der Waals surface area contributed by atoms with Gasteiger partial charge in [0, 0.05) is 6.07 Å². The zero-order valence-corrected chi connectivity index (χ0v) is 9.81. The number of carbonyl (C=O) groups is 1. The van der Waals surface area contributed by atoms with Gasteiger partial charge in [-0.05, 0) is 19.9 Å². The van der Waals surface area contributed by atoms with Crippen LogP contribution in [0.5, 0.6) is 5.75 Å². The van der Waals surface area contributed by atoms with Crippen LogP contribution < -0.4 is 4.74 Å². The van der Waals surface area contributed by atoms with Crippen molar-refractivity contribution in [3.8, 4) is 5.75 Å². The van der Waals surface area contributed by atoms with Gasteiger partial charge in [0.1, 0.15) is 17.1 Å². The Kier molecular flexibility index (Phi) is 4.55. The lowest BCUT2D eigenvalue weighted by molar-refractivity contribution is 0.0522. The van der Waals surface area contributed by atoms with Crippen LogP contribution in [0.25, 0.3) is 0 Å². The summed E-state index contributed by atoms with van der Waals surface area (Å²) in [6.45, 7) is 3.98. The maximum atomic E-state index is 13.2. The molecule has 88 valence electrons. The predicted molar refractivity (Wildman–Crippen MR) is 58.5 cm³/mol. The van der Waals surface area contributed by atoms with Crippen LogP contribution in [0, 0.1) is 5.82 Å². The first-order valence-corrected chi connectivity index (χ1v) is 5.26. The van der Waals surface area contributed by atoms with Crippen molar-refractivity contribution in [2.75, 3.05) is 13.2 Å². The number of rotatable bonds is 4. The highest BCUT2D eigenvalue weighted by Gasteiger charge is 2.17. The van der Waals surface area contributed by atoms with E-state index in [9.17, 15) is 9.18 Å². The van der Waals surface area contributed by atoms with Gasteiger partial charge in [-0.25, -0.2) is 9.18 Å². The molecule has 0 saturated heterocycles. The summed E-state index contributed by atoms with van der Waals surface area (Å²) in [5, 5.41) is -0.133.